The summed E-state index contributed by atoms with van der Waals surface area (Å²) in [6.45, 7) is 5.92. The lowest BCUT2D eigenvalue weighted by Crippen LogP contribution is -2.41. The molecule has 132 valence electrons. The van der Waals surface area contributed by atoms with Crippen molar-refractivity contribution in [1.29, 1.82) is 0 Å². The quantitative estimate of drug-likeness (QED) is 0.554. The zero-order chi connectivity index (χ0) is 18.1. The second kappa shape index (κ2) is 7.20. The summed E-state index contributed by atoms with van der Waals surface area (Å²) in [5, 5.41) is 2.70. The lowest BCUT2D eigenvalue weighted by molar-refractivity contribution is 0.0502. The Balaban J connectivity index is 1.99. The molecule has 0 saturated carbocycles. The van der Waals surface area contributed by atoms with Crippen LogP contribution in [0, 0.1) is 15.2 Å². The number of amides is 2. The minimum Gasteiger partial charge on any atom is -0.444 e. The Kier molecular flexibility index (Phi) is 5.67. The Labute approximate surface area is 152 Å². The van der Waals surface area contributed by atoms with E-state index in [1.54, 1.807) is 43.4 Å². The van der Waals surface area contributed by atoms with E-state index in [4.69, 9.17) is 4.74 Å². The fourth-order valence-electron chi connectivity index (χ4n) is 2.39. The highest BCUT2D eigenvalue weighted by molar-refractivity contribution is 14.1. The average molecular weight is 452 g/mol. The lowest BCUT2D eigenvalue weighted by Gasteiger charge is -2.22. The highest BCUT2D eigenvalue weighted by Crippen LogP contribution is 2.21. The Morgan fingerprint density at radius 3 is 2.58 bits per heavy atom. The van der Waals surface area contributed by atoms with Crippen LogP contribution in [0.3, 0.4) is 0 Å². The van der Waals surface area contributed by atoms with Crippen molar-refractivity contribution >= 4 is 34.6 Å². The molecule has 1 fully saturated rings. The largest absolute Gasteiger partial charge is 0.444 e. The van der Waals surface area contributed by atoms with Crippen molar-refractivity contribution in [3.8, 4) is 0 Å². The van der Waals surface area contributed by atoms with Crippen molar-refractivity contribution in [2.45, 2.75) is 38.8 Å². The van der Waals surface area contributed by atoms with Gasteiger partial charge in [-0.25, -0.2) is 13.6 Å². The first-order valence-corrected chi connectivity index (χ1v) is 8.58. The van der Waals surface area contributed by atoms with Gasteiger partial charge in [-0.2, -0.15) is 0 Å². The minimum atomic E-state index is -0.888. The molecule has 5 nitrogen and oxygen atoms in total. The van der Waals surface area contributed by atoms with Crippen molar-refractivity contribution in [1.82, 2.24) is 10.2 Å². The number of carbonyl (C=O) groups is 2. The van der Waals surface area contributed by atoms with Gasteiger partial charge in [0.05, 0.1) is 11.6 Å². The van der Waals surface area contributed by atoms with E-state index < -0.39 is 29.2 Å². The van der Waals surface area contributed by atoms with Crippen LogP contribution in [0.4, 0.5) is 13.6 Å². The number of halogens is 3. The van der Waals surface area contributed by atoms with E-state index in [1.165, 1.54) is 11.0 Å². The van der Waals surface area contributed by atoms with Gasteiger partial charge in [-0.15, -0.1) is 0 Å². The van der Waals surface area contributed by atoms with Crippen molar-refractivity contribution in [2.75, 3.05) is 13.1 Å². The molecule has 0 bridgehead atoms. The van der Waals surface area contributed by atoms with Gasteiger partial charge in [0.25, 0.3) is 5.91 Å². The number of likely N-dealkylation sites (tertiary alicyclic amines) is 1. The summed E-state index contributed by atoms with van der Waals surface area (Å²) in [5.41, 5.74) is -0.773. The number of hydrogen-bond acceptors (Lipinski definition) is 3. The average Bonchev–Trinajstić information content (AvgIpc) is 2.88. The van der Waals surface area contributed by atoms with Gasteiger partial charge in [0.15, 0.2) is 0 Å². The number of benzene rings is 1. The third-order valence-electron chi connectivity index (χ3n) is 3.44. The predicted octanol–water partition coefficient (Wildman–Crippen LogP) is 3.31. The molecule has 1 saturated heterocycles. The van der Waals surface area contributed by atoms with Gasteiger partial charge in [0.1, 0.15) is 17.2 Å². The first kappa shape index (κ1) is 18.9. The molecular weight excluding hydrogens is 433 g/mol. The van der Waals surface area contributed by atoms with Gasteiger partial charge in [0.2, 0.25) is 0 Å². The van der Waals surface area contributed by atoms with Gasteiger partial charge in [0, 0.05) is 22.7 Å². The summed E-state index contributed by atoms with van der Waals surface area (Å²) in [5.74, 6) is -2.10. The van der Waals surface area contributed by atoms with E-state index in [2.05, 4.69) is 5.32 Å². The monoisotopic (exact) mass is 452 g/mol. The van der Waals surface area contributed by atoms with Crippen LogP contribution in [-0.4, -0.2) is 41.6 Å². The van der Waals surface area contributed by atoms with Crippen LogP contribution < -0.4 is 5.32 Å². The van der Waals surface area contributed by atoms with Gasteiger partial charge in [-0.3, -0.25) is 4.79 Å². The molecule has 1 heterocycles. The summed E-state index contributed by atoms with van der Waals surface area (Å²) in [6, 6.07) is 1.65. The second-order valence-corrected chi connectivity index (χ2v) is 7.79. The molecule has 2 amide bonds. The molecule has 1 aliphatic rings. The Hall–Kier alpha value is -1.45. The zero-order valence-corrected chi connectivity index (χ0v) is 15.8. The van der Waals surface area contributed by atoms with Crippen LogP contribution in [0.5, 0.6) is 0 Å². The molecule has 2 rings (SSSR count). The van der Waals surface area contributed by atoms with E-state index in [0.29, 0.717) is 19.0 Å². The van der Waals surface area contributed by atoms with Gasteiger partial charge in [-0.1, -0.05) is 0 Å². The zero-order valence-electron chi connectivity index (χ0n) is 13.7. The molecule has 8 heteroatoms. The first-order chi connectivity index (χ1) is 11.1. The number of hydrogen-bond donors (Lipinski definition) is 1. The molecule has 0 unspecified atom stereocenters. The normalized spacial score (nSPS) is 17.8. The smallest absolute Gasteiger partial charge is 0.407 e. The Morgan fingerprint density at radius 1 is 1.29 bits per heavy atom. The number of rotatable bonds is 2. The van der Waals surface area contributed by atoms with E-state index in [1.807, 2.05) is 0 Å². The molecule has 1 N–H and O–H groups in total. The third-order valence-corrected chi connectivity index (χ3v) is 4.26. The van der Waals surface area contributed by atoms with Gasteiger partial charge < -0.3 is 15.0 Å². The summed E-state index contributed by atoms with van der Waals surface area (Å²) in [7, 11) is 0. The topological polar surface area (TPSA) is 58.6 Å². The van der Waals surface area contributed by atoms with Crippen LogP contribution in [0.15, 0.2) is 12.1 Å². The summed E-state index contributed by atoms with van der Waals surface area (Å²) >= 11 is 1.71. The molecule has 1 aliphatic heterocycles. The van der Waals surface area contributed by atoms with Crippen LogP contribution in [0.25, 0.3) is 0 Å². The molecule has 0 spiro atoms. The Bertz CT molecular complexity index is 661. The van der Waals surface area contributed by atoms with E-state index in [0.717, 1.165) is 0 Å². The van der Waals surface area contributed by atoms with Crippen LogP contribution in [0.2, 0.25) is 0 Å². The number of ether oxygens (including phenoxy) is 1. The molecule has 1 aromatic carbocycles. The summed E-state index contributed by atoms with van der Waals surface area (Å²) < 4.78 is 32.5. The maximum Gasteiger partial charge on any atom is 0.407 e. The number of nitrogens with one attached hydrogen (secondary N) is 1. The molecule has 1 aromatic rings. The van der Waals surface area contributed by atoms with Crippen molar-refractivity contribution in [2.24, 2.45) is 0 Å². The molecule has 0 aliphatic carbocycles. The molecular formula is C16H19F2IN2O3. The number of carbonyl (C=O) groups excluding carboxylic acids is 2. The fourth-order valence-corrected chi connectivity index (χ4v) is 2.86. The SMILES string of the molecule is CC(C)(C)OC(=O)N[C@H]1CCN(C(=O)c2cc(I)c(F)cc2F)C1. The maximum absolute atomic E-state index is 13.8. The van der Waals surface area contributed by atoms with Crippen LogP contribution >= 0.6 is 22.6 Å². The first-order valence-electron chi connectivity index (χ1n) is 7.50. The Morgan fingerprint density at radius 2 is 1.96 bits per heavy atom. The lowest BCUT2D eigenvalue weighted by atomic mass is 10.2. The summed E-state index contributed by atoms with van der Waals surface area (Å²) in [6.07, 6.45) is -0.00505. The second-order valence-electron chi connectivity index (χ2n) is 6.63. The molecule has 0 aromatic heterocycles. The van der Waals surface area contributed by atoms with E-state index in [-0.39, 0.29) is 21.7 Å². The number of alkyl carbamates (subject to hydrolysis) is 1. The van der Waals surface area contributed by atoms with Crippen molar-refractivity contribution in [3.63, 3.8) is 0 Å². The van der Waals surface area contributed by atoms with E-state index >= 15 is 0 Å². The standard InChI is InChI=1S/C16H19F2IN2O3/c1-16(2,3)24-15(23)20-9-4-5-21(8-9)14(22)10-6-13(19)12(18)7-11(10)17/h6-7,9H,4-5,8H2,1-3H3,(H,20,23)/t9-/m0/s1. The molecule has 0 radical (unpaired) electrons. The van der Waals surface area contributed by atoms with Gasteiger partial charge in [-0.05, 0) is 55.8 Å². The van der Waals surface area contributed by atoms with Crippen LogP contribution in [-0.2, 0) is 4.74 Å². The molecule has 1 atom stereocenters. The maximum atomic E-state index is 13.8. The predicted molar refractivity (Wildman–Crippen MR) is 92.8 cm³/mol. The summed E-state index contributed by atoms with van der Waals surface area (Å²) in [4.78, 5) is 25.6. The van der Waals surface area contributed by atoms with Gasteiger partial charge >= 0.3 is 6.09 Å². The minimum absolute atomic E-state index is 0.168. The third kappa shape index (κ3) is 4.78. The highest BCUT2D eigenvalue weighted by atomic mass is 127. The van der Waals surface area contributed by atoms with Crippen LogP contribution in [0.1, 0.15) is 37.6 Å². The molecule has 24 heavy (non-hydrogen) atoms. The highest BCUT2D eigenvalue weighted by Gasteiger charge is 2.30. The fraction of sp³-hybridized carbons (Fsp3) is 0.500. The number of nitrogens with zero attached hydrogens (tertiary/aromatic N) is 1. The van der Waals surface area contributed by atoms with Crippen molar-refractivity contribution in [3.05, 3.63) is 32.9 Å². The van der Waals surface area contributed by atoms with Crippen molar-refractivity contribution < 1.29 is 23.1 Å². The van der Waals surface area contributed by atoms with E-state index in [9.17, 15) is 18.4 Å².